The average molecular weight is 496 g/mol. The molecule has 0 bridgehead atoms. The molecule has 160 valence electrons. The van der Waals surface area contributed by atoms with Crippen molar-refractivity contribution in [1.82, 2.24) is 5.32 Å². The summed E-state index contributed by atoms with van der Waals surface area (Å²) in [6.07, 6.45) is -0.719. The number of hydrogen-bond acceptors (Lipinski definition) is 4. The lowest BCUT2D eigenvalue weighted by atomic mass is 9.94. The Morgan fingerprint density at radius 2 is 1.58 bits per heavy atom. The van der Waals surface area contributed by atoms with Gasteiger partial charge in [-0.2, -0.15) is 0 Å². The highest BCUT2D eigenvalue weighted by molar-refractivity contribution is 7.47. The van der Waals surface area contributed by atoms with Gasteiger partial charge < -0.3 is 19.7 Å². The molecule has 10 heteroatoms. The number of carbonyl (C=O) groups is 1. The molecular weight excluding hydrogens is 482 g/mol. The van der Waals surface area contributed by atoms with Crippen molar-refractivity contribution in [2.24, 2.45) is 0 Å². The summed E-state index contributed by atoms with van der Waals surface area (Å²) in [5.74, 6) is 0. The van der Waals surface area contributed by atoms with Crippen molar-refractivity contribution in [2.75, 3.05) is 4.90 Å². The molecule has 0 saturated carbocycles. The summed E-state index contributed by atoms with van der Waals surface area (Å²) in [6, 6.07) is 14.5. The van der Waals surface area contributed by atoms with E-state index in [1.54, 1.807) is 48.5 Å². The lowest BCUT2D eigenvalue weighted by Gasteiger charge is -2.35. The third-order valence-electron chi connectivity index (χ3n) is 4.85. The van der Waals surface area contributed by atoms with Gasteiger partial charge in [0, 0.05) is 28.9 Å². The Balaban J connectivity index is 2.02. The van der Waals surface area contributed by atoms with Gasteiger partial charge in [0.15, 0.2) is 0 Å². The summed E-state index contributed by atoms with van der Waals surface area (Å²) >= 11 is 19.1. The van der Waals surface area contributed by atoms with Crippen LogP contribution >= 0.6 is 42.4 Å². The summed E-state index contributed by atoms with van der Waals surface area (Å²) < 4.78 is 11.5. The second kappa shape index (κ2) is 8.47. The minimum absolute atomic E-state index is 0.167. The quantitative estimate of drug-likeness (QED) is 0.510. The van der Waals surface area contributed by atoms with E-state index in [4.69, 9.17) is 34.8 Å². The molecule has 0 unspecified atom stereocenters. The fourth-order valence-electron chi connectivity index (χ4n) is 3.61. The molecule has 1 heterocycles. The van der Waals surface area contributed by atoms with Gasteiger partial charge in [-0.3, -0.25) is 4.90 Å². The fraction of sp³-hybridized carbons (Fsp3) is 0.0952. The van der Waals surface area contributed by atoms with Crippen LogP contribution in [0.4, 0.5) is 16.2 Å². The van der Waals surface area contributed by atoms with E-state index in [1.807, 2.05) is 0 Å². The number of urea groups is 1. The summed E-state index contributed by atoms with van der Waals surface area (Å²) in [5.41, 5.74) is 2.76. The van der Waals surface area contributed by atoms with Crippen LogP contribution in [0.3, 0.4) is 0 Å². The SMILES string of the molecule is O=C1NCc2c(-c3ccccc3Cl)cc(CP(=O)([O-])[O-])cc2N1c1c(Cl)cccc1Cl. The van der Waals surface area contributed by atoms with Crippen molar-refractivity contribution in [3.05, 3.63) is 80.8 Å². The predicted molar refractivity (Wildman–Crippen MR) is 119 cm³/mol. The maximum Gasteiger partial charge on any atom is 0.326 e. The standard InChI is InChI=1S/C21H16Cl3N2O4P/c22-16-5-2-1-4-13(16)14-8-12(11-31(28,29)30)9-19-15(14)10-25-21(27)26(19)20-17(23)6-3-7-18(20)24/h1-9H,10-11H2,(H,25,27)(H2,28,29,30)/p-2. The molecule has 0 atom stereocenters. The number of anilines is 2. The zero-order chi connectivity index (χ0) is 22.3. The zero-order valence-corrected chi connectivity index (χ0v) is 18.9. The Hall–Kier alpha value is -2.05. The van der Waals surface area contributed by atoms with Gasteiger partial charge in [0.05, 0.1) is 21.4 Å². The molecule has 0 spiro atoms. The molecule has 0 aromatic heterocycles. The van der Waals surface area contributed by atoms with Crippen molar-refractivity contribution in [3.8, 4) is 11.1 Å². The topological polar surface area (TPSA) is 95.5 Å². The molecule has 4 rings (SSSR count). The Morgan fingerprint density at radius 1 is 0.935 bits per heavy atom. The van der Waals surface area contributed by atoms with Gasteiger partial charge in [-0.1, -0.05) is 72.7 Å². The molecular formula is C21H14Cl3N2O4P-2. The first-order chi connectivity index (χ1) is 14.7. The van der Waals surface area contributed by atoms with Crippen LogP contribution in [0.15, 0.2) is 54.6 Å². The van der Waals surface area contributed by atoms with E-state index in [9.17, 15) is 19.1 Å². The van der Waals surface area contributed by atoms with Crippen LogP contribution in [-0.2, 0) is 17.3 Å². The third-order valence-corrected chi connectivity index (χ3v) is 6.54. The molecule has 0 aliphatic carbocycles. The summed E-state index contributed by atoms with van der Waals surface area (Å²) in [7, 11) is -4.88. The minimum atomic E-state index is -4.88. The van der Waals surface area contributed by atoms with Crippen molar-refractivity contribution in [2.45, 2.75) is 12.7 Å². The van der Waals surface area contributed by atoms with E-state index >= 15 is 0 Å². The molecule has 3 aromatic carbocycles. The first-order valence-electron chi connectivity index (χ1n) is 9.09. The van der Waals surface area contributed by atoms with Crippen LogP contribution < -0.4 is 20.0 Å². The predicted octanol–water partition coefficient (Wildman–Crippen LogP) is 5.09. The van der Waals surface area contributed by atoms with Gasteiger partial charge in [-0.25, -0.2) is 4.79 Å². The molecule has 0 radical (unpaired) electrons. The highest BCUT2D eigenvalue weighted by Crippen LogP contribution is 2.45. The first-order valence-corrected chi connectivity index (χ1v) is 12.0. The maximum absolute atomic E-state index is 12.9. The van der Waals surface area contributed by atoms with Crippen LogP contribution in [0.1, 0.15) is 11.1 Å². The van der Waals surface area contributed by atoms with Crippen LogP contribution in [0.2, 0.25) is 15.1 Å². The van der Waals surface area contributed by atoms with E-state index < -0.39 is 19.8 Å². The zero-order valence-electron chi connectivity index (χ0n) is 15.8. The molecule has 6 nitrogen and oxygen atoms in total. The number of halogens is 3. The van der Waals surface area contributed by atoms with E-state index in [1.165, 1.54) is 11.0 Å². The Labute approximate surface area is 193 Å². The van der Waals surface area contributed by atoms with Crippen molar-refractivity contribution in [3.63, 3.8) is 0 Å². The Kier molecular flexibility index (Phi) is 6.05. The van der Waals surface area contributed by atoms with Crippen LogP contribution in [0.5, 0.6) is 0 Å². The third kappa shape index (κ3) is 4.46. The van der Waals surface area contributed by atoms with Crippen molar-refractivity contribution in [1.29, 1.82) is 0 Å². The fourth-order valence-corrected chi connectivity index (χ4v) is 5.05. The van der Waals surface area contributed by atoms with Gasteiger partial charge in [-0.15, -0.1) is 0 Å². The molecule has 1 aliphatic rings. The largest absolute Gasteiger partial charge is 0.810 e. The Bertz CT molecular complexity index is 1230. The number of nitrogens with zero attached hydrogens (tertiary/aromatic N) is 1. The van der Waals surface area contributed by atoms with Gasteiger partial charge in [0.1, 0.15) is 0 Å². The van der Waals surface area contributed by atoms with Crippen molar-refractivity contribution < 1.29 is 19.1 Å². The van der Waals surface area contributed by atoms with E-state index in [0.29, 0.717) is 27.4 Å². The summed E-state index contributed by atoms with van der Waals surface area (Å²) in [6.45, 7) is 0.167. The molecule has 2 amide bonds. The van der Waals surface area contributed by atoms with Gasteiger partial charge in [-0.05, 0) is 35.4 Å². The van der Waals surface area contributed by atoms with Gasteiger partial charge >= 0.3 is 6.03 Å². The number of fused-ring (bicyclic) bond motifs is 1. The smallest absolute Gasteiger partial charge is 0.326 e. The number of carbonyl (C=O) groups excluding carboxylic acids is 1. The number of benzene rings is 3. The number of para-hydroxylation sites is 1. The Morgan fingerprint density at radius 3 is 2.23 bits per heavy atom. The van der Waals surface area contributed by atoms with E-state index in [0.717, 1.165) is 0 Å². The lowest BCUT2D eigenvalue weighted by molar-refractivity contribution is -0.314. The average Bonchev–Trinajstić information content (AvgIpc) is 2.68. The van der Waals surface area contributed by atoms with Gasteiger partial charge in [0.2, 0.25) is 0 Å². The van der Waals surface area contributed by atoms with Crippen LogP contribution in [0, 0.1) is 0 Å². The maximum atomic E-state index is 12.9. The minimum Gasteiger partial charge on any atom is -0.810 e. The number of hydrogen-bond donors (Lipinski definition) is 1. The van der Waals surface area contributed by atoms with E-state index in [-0.39, 0.29) is 27.8 Å². The van der Waals surface area contributed by atoms with Crippen LogP contribution in [0.25, 0.3) is 11.1 Å². The number of nitrogens with one attached hydrogen (secondary N) is 1. The number of rotatable bonds is 4. The summed E-state index contributed by atoms with van der Waals surface area (Å²) in [4.78, 5) is 37.2. The van der Waals surface area contributed by atoms with Gasteiger partial charge in [0.25, 0.3) is 0 Å². The monoisotopic (exact) mass is 494 g/mol. The van der Waals surface area contributed by atoms with Crippen molar-refractivity contribution >= 4 is 59.8 Å². The van der Waals surface area contributed by atoms with E-state index in [2.05, 4.69) is 5.32 Å². The number of amides is 2. The molecule has 1 N–H and O–H groups in total. The highest BCUT2D eigenvalue weighted by Gasteiger charge is 2.31. The second-order valence-electron chi connectivity index (χ2n) is 6.95. The lowest BCUT2D eigenvalue weighted by Crippen LogP contribution is -2.41. The summed E-state index contributed by atoms with van der Waals surface area (Å²) in [5, 5.41) is 3.69. The highest BCUT2D eigenvalue weighted by atomic mass is 35.5. The molecule has 0 saturated heterocycles. The molecule has 3 aromatic rings. The molecule has 31 heavy (non-hydrogen) atoms. The van der Waals surface area contributed by atoms with Crippen LogP contribution in [-0.4, -0.2) is 6.03 Å². The molecule has 0 fully saturated rings. The first kappa shape index (κ1) is 22.2. The normalized spacial score (nSPS) is 13.7. The molecule has 1 aliphatic heterocycles. The second-order valence-corrected chi connectivity index (χ2v) is 9.71.